The van der Waals surface area contributed by atoms with E-state index in [1.165, 1.54) is 7.11 Å². The number of ether oxygens (including phenoxy) is 2. The highest BCUT2D eigenvalue weighted by Crippen LogP contribution is 2.25. The van der Waals surface area contributed by atoms with Crippen molar-refractivity contribution in [1.82, 2.24) is 16.2 Å². The topological polar surface area (TPSA) is 88.7 Å². The second-order valence-electron chi connectivity index (χ2n) is 6.41. The van der Waals surface area contributed by atoms with Gasteiger partial charge in [-0.3, -0.25) is 25.8 Å². The number of methoxy groups -OCH3 is 1. The molecule has 0 spiro atoms. The van der Waals surface area contributed by atoms with Crippen LogP contribution in [0.25, 0.3) is 0 Å². The van der Waals surface area contributed by atoms with Crippen LogP contribution in [0.4, 0.5) is 0 Å². The van der Waals surface area contributed by atoms with Gasteiger partial charge in [0.25, 0.3) is 11.8 Å². The first kappa shape index (κ1) is 22.6. The molecule has 2 rings (SSSR count). The predicted molar refractivity (Wildman–Crippen MR) is 118 cm³/mol. The van der Waals surface area contributed by atoms with Crippen molar-refractivity contribution in [1.29, 1.82) is 0 Å². The molecule has 9 heteroatoms. The Balaban J connectivity index is 1.93. The van der Waals surface area contributed by atoms with E-state index in [2.05, 4.69) is 32.1 Å². The summed E-state index contributed by atoms with van der Waals surface area (Å²) < 4.78 is 11.4. The van der Waals surface area contributed by atoms with Crippen molar-refractivity contribution in [2.75, 3.05) is 13.7 Å². The highest BCUT2D eigenvalue weighted by atomic mass is 79.9. The lowest BCUT2D eigenvalue weighted by molar-refractivity contribution is 0.0933. The Labute approximate surface area is 183 Å². The Kier molecular flexibility index (Phi) is 8.41. The van der Waals surface area contributed by atoms with Crippen LogP contribution < -0.4 is 25.6 Å². The third-order valence-electron chi connectivity index (χ3n) is 3.63. The van der Waals surface area contributed by atoms with Gasteiger partial charge in [-0.05, 0) is 64.4 Å². The lowest BCUT2D eigenvalue weighted by atomic mass is 10.2. The van der Waals surface area contributed by atoms with Gasteiger partial charge in [0.05, 0.1) is 23.8 Å². The van der Waals surface area contributed by atoms with Gasteiger partial charge in [0.1, 0.15) is 11.5 Å². The molecule has 0 bridgehead atoms. The Morgan fingerprint density at radius 2 is 1.79 bits per heavy atom. The number of benzene rings is 2. The van der Waals surface area contributed by atoms with E-state index in [9.17, 15) is 9.59 Å². The number of hydrogen-bond acceptors (Lipinski definition) is 5. The molecular formula is C20H22BrN3O4S. The molecule has 3 N–H and O–H groups in total. The van der Waals surface area contributed by atoms with E-state index >= 15 is 0 Å². The van der Waals surface area contributed by atoms with Gasteiger partial charge < -0.3 is 9.47 Å². The zero-order valence-electron chi connectivity index (χ0n) is 16.2. The van der Waals surface area contributed by atoms with Gasteiger partial charge in [-0.15, -0.1) is 0 Å². The van der Waals surface area contributed by atoms with Crippen molar-refractivity contribution in [3.63, 3.8) is 0 Å². The molecule has 0 atom stereocenters. The number of carbonyl (C=O) groups is 2. The van der Waals surface area contributed by atoms with Crippen LogP contribution in [-0.2, 0) is 0 Å². The minimum Gasteiger partial charge on any atom is -0.496 e. The molecule has 154 valence electrons. The number of carbonyl (C=O) groups excluding carboxylic acids is 2. The van der Waals surface area contributed by atoms with E-state index in [1.54, 1.807) is 42.5 Å². The smallest absolute Gasteiger partial charge is 0.269 e. The standard InChI is InChI=1S/C20H22BrN3O4S/c1-12(2)11-28-16-7-5-4-6-14(16)19(26)22-20(29)24-23-18(25)13-8-9-17(27-3)15(21)10-13/h4-10,12H,11H2,1-3H3,(H,23,25)(H2,22,24,26,29). The number of amides is 2. The van der Waals surface area contributed by atoms with Crippen LogP contribution in [0, 0.1) is 5.92 Å². The van der Waals surface area contributed by atoms with Crippen molar-refractivity contribution >= 4 is 45.1 Å². The minimum absolute atomic E-state index is 0.0467. The summed E-state index contributed by atoms with van der Waals surface area (Å²) in [5.41, 5.74) is 5.68. The molecule has 29 heavy (non-hydrogen) atoms. The molecule has 0 aliphatic rings. The fourth-order valence-corrected chi connectivity index (χ4v) is 2.92. The first-order valence-corrected chi connectivity index (χ1v) is 9.99. The molecule has 2 amide bonds. The maximum Gasteiger partial charge on any atom is 0.269 e. The maximum atomic E-state index is 12.5. The van der Waals surface area contributed by atoms with Crippen LogP contribution in [0.3, 0.4) is 0 Å². The molecule has 7 nitrogen and oxygen atoms in total. The number of nitrogens with one attached hydrogen (secondary N) is 3. The Bertz CT molecular complexity index is 905. The normalized spacial score (nSPS) is 10.2. The van der Waals surface area contributed by atoms with Crippen LogP contribution in [-0.4, -0.2) is 30.6 Å². The van der Waals surface area contributed by atoms with E-state index in [0.29, 0.717) is 39.6 Å². The monoisotopic (exact) mass is 479 g/mol. The summed E-state index contributed by atoms with van der Waals surface area (Å²) in [5, 5.41) is 2.47. The average molecular weight is 480 g/mol. The zero-order valence-corrected chi connectivity index (χ0v) is 18.6. The molecule has 0 fully saturated rings. The first-order valence-electron chi connectivity index (χ1n) is 8.78. The van der Waals surface area contributed by atoms with Gasteiger partial charge in [0.15, 0.2) is 5.11 Å². The second kappa shape index (κ2) is 10.8. The molecule has 0 saturated carbocycles. The molecular weight excluding hydrogens is 458 g/mol. The molecule has 0 unspecified atom stereocenters. The largest absolute Gasteiger partial charge is 0.496 e. The summed E-state index contributed by atoms with van der Waals surface area (Å²) in [6.07, 6.45) is 0. The maximum absolute atomic E-state index is 12.5. The van der Waals surface area contributed by atoms with Crippen molar-refractivity contribution in [3.05, 3.63) is 58.1 Å². The number of hydrogen-bond donors (Lipinski definition) is 3. The van der Waals surface area contributed by atoms with E-state index < -0.39 is 11.8 Å². The number of hydrazine groups is 1. The number of halogens is 1. The minimum atomic E-state index is -0.441. The zero-order chi connectivity index (χ0) is 21.4. The van der Waals surface area contributed by atoms with Crippen LogP contribution in [0.1, 0.15) is 34.6 Å². The first-order chi connectivity index (χ1) is 13.8. The predicted octanol–water partition coefficient (Wildman–Crippen LogP) is 3.44. The van der Waals surface area contributed by atoms with Gasteiger partial charge in [-0.2, -0.15) is 0 Å². The highest BCUT2D eigenvalue weighted by molar-refractivity contribution is 9.10. The van der Waals surface area contributed by atoms with E-state index in [4.69, 9.17) is 21.7 Å². The fourth-order valence-electron chi connectivity index (χ4n) is 2.23. The van der Waals surface area contributed by atoms with Crippen LogP contribution in [0.15, 0.2) is 46.9 Å². The van der Waals surface area contributed by atoms with Gasteiger partial charge in [0, 0.05) is 5.56 Å². The van der Waals surface area contributed by atoms with Crippen LogP contribution >= 0.6 is 28.1 Å². The Morgan fingerprint density at radius 3 is 2.45 bits per heavy atom. The SMILES string of the molecule is COc1ccc(C(=O)NNC(=S)NC(=O)c2ccccc2OCC(C)C)cc1Br. The quantitative estimate of drug-likeness (QED) is 0.434. The molecule has 0 saturated heterocycles. The average Bonchev–Trinajstić information content (AvgIpc) is 2.70. The highest BCUT2D eigenvalue weighted by Gasteiger charge is 2.15. The van der Waals surface area contributed by atoms with E-state index in [0.717, 1.165) is 0 Å². The summed E-state index contributed by atoms with van der Waals surface area (Å²) in [7, 11) is 1.54. The van der Waals surface area contributed by atoms with Crippen molar-refractivity contribution in [2.45, 2.75) is 13.8 Å². The third-order valence-corrected chi connectivity index (χ3v) is 4.46. The summed E-state index contributed by atoms with van der Waals surface area (Å²) in [5.74, 6) is 0.528. The van der Waals surface area contributed by atoms with E-state index in [-0.39, 0.29) is 5.11 Å². The summed E-state index contributed by atoms with van der Waals surface area (Å²) >= 11 is 8.41. The molecule has 2 aromatic carbocycles. The summed E-state index contributed by atoms with van der Waals surface area (Å²) in [6.45, 7) is 4.53. The van der Waals surface area contributed by atoms with Gasteiger partial charge in [-0.1, -0.05) is 26.0 Å². The van der Waals surface area contributed by atoms with Crippen LogP contribution in [0.2, 0.25) is 0 Å². The molecule has 0 aliphatic carbocycles. The van der Waals surface area contributed by atoms with Crippen molar-refractivity contribution in [2.24, 2.45) is 5.92 Å². The second-order valence-corrected chi connectivity index (χ2v) is 7.68. The van der Waals surface area contributed by atoms with E-state index in [1.807, 2.05) is 13.8 Å². The number of thiocarbonyl (C=S) groups is 1. The lowest BCUT2D eigenvalue weighted by Gasteiger charge is -2.14. The number of rotatable bonds is 6. The van der Waals surface area contributed by atoms with Crippen LogP contribution in [0.5, 0.6) is 11.5 Å². The molecule has 2 aromatic rings. The molecule has 0 aliphatic heterocycles. The summed E-state index contributed by atoms with van der Waals surface area (Å²) in [6, 6.07) is 11.8. The Morgan fingerprint density at radius 1 is 1.07 bits per heavy atom. The molecule has 0 radical (unpaired) electrons. The summed E-state index contributed by atoms with van der Waals surface area (Å²) in [4.78, 5) is 24.7. The van der Waals surface area contributed by atoms with Gasteiger partial charge in [-0.25, -0.2) is 0 Å². The van der Waals surface area contributed by atoms with Gasteiger partial charge in [0.2, 0.25) is 0 Å². The number of para-hydroxylation sites is 1. The lowest BCUT2D eigenvalue weighted by Crippen LogP contribution is -2.48. The van der Waals surface area contributed by atoms with Crippen molar-refractivity contribution < 1.29 is 19.1 Å². The fraction of sp³-hybridized carbons (Fsp3) is 0.250. The Hall–Kier alpha value is -2.65. The molecule has 0 aromatic heterocycles. The van der Waals surface area contributed by atoms with Crippen molar-refractivity contribution in [3.8, 4) is 11.5 Å². The van der Waals surface area contributed by atoms with Gasteiger partial charge >= 0.3 is 0 Å². The molecule has 0 heterocycles. The third kappa shape index (κ3) is 6.72.